The van der Waals surface area contributed by atoms with Crippen molar-refractivity contribution in [2.45, 2.75) is 26.2 Å². The van der Waals surface area contributed by atoms with Crippen molar-refractivity contribution in [3.8, 4) is 5.75 Å². The van der Waals surface area contributed by atoms with Crippen molar-refractivity contribution in [1.82, 2.24) is 0 Å². The van der Waals surface area contributed by atoms with Crippen LogP contribution in [0.5, 0.6) is 5.75 Å². The van der Waals surface area contributed by atoms with Crippen LogP contribution in [0.4, 0.5) is 8.78 Å². The van der Waals surface area contributed by atoms with Crippen LogP contribution in [0.25, 0.3) is 0 Å². The molecule has 16 heavy (non-hydrogen) atoms. The third kappa shape index (κ3) is 4.38. The maximum Gasteiger partial charge on any atom is 0.165 e. The summed E-state index contributed by atoms with van der Waals surface area (Å²) in [5.74, 6) is -1.06. The number of hydrogen-bond acceptors (Lipinski definition) is 2. The van der Waals surface area contributed by atoms with Gasteiger partial charge in [0, 0.05) is 12.5 Å². The maximum atomic E-state index is 13.1. The highest BCUT2D eigenvalue weighted by atomic mass is 19.1. The molecule has 0 fully saturated rings. The van der Waals surface area contributed by atoms with Gasteiger partial charge in [0.15, 0.2) is 11.6 Å². The Bertz CT molecular complexity index is 364. The Morgan fingerprint density at radius 2 is 2.06 bits per heavy atom. The molecule has 0 heterocycles. The van der Waals surface area contributed by atoms with Crippen molar-refractivity contribution in [1.29, 1.82) is 0 Å². The lowest BCUT2D eigenvalue weighted by Crippen LogP contribution is -2.01. The number of hydrogen-bond donors (Lipinski definition) is 0. The fourth-order valence-corrected chi connectivity index (χ4v) is 1.25. The van der Waals surface area contributed by atoms with Crippen LogP contribution < -0.4 is 4.74 Å². The SMILES string of the molecule is CC(=O)CCCCOc1cc(F)ccc1F. The average molecular weight is 228 g/mol. The predicted octanol–water partition coefficient (Wildman–Crippen LogP) is 3.10. The molecule has 0 amide bonds. The lowest BCUT2D eigenvalue weighted by Gasteiger charge is -2.06. The molecule has 0 N–H and O–H groups in total. The Balaban J connectivity index is 2.31. The molecule has 0 spiro atoms. The molecule has 0 saturated heterocycles. The van der Waals surface area contributed by atoms with Crippen LogP contribution in [-0.4, -0.2) is 12.4 Å². The molecule has 0 atom stereocenters. The molecule has 1 rings (SSSR count). The van der Waals surface area contributed by atoms with Gasteiger partial charge in [-0.05, 0) is 31.9 Å². The molecule has 1 aromatic carbocycles. The minimum Gasteiger partial charge on any atom is -0.490 e. The maximum absolute atomic E-state index is 13.1. The first-order valence-electron chi connectivity index (χ1n) is 5.17. The highest BCUT2D eigenvalue weighted by Gasteiger charge is 2.04. The van der Waals surface area contributed by atoms with Crippen LogP contribution in [0.15, 0.2) is 18.2 Å². The molecule has 0 radical (unpaired) electrons. The monoisotopic (exact) mass is 228 g/mol. The molecule has 0 aliphatic carbocycles. The van der Waals surface area contributed by atoms with Gasteiger partial charge in [-0.3, -0.25) is 0 Å². The van der Waals surface area contributed by atoms with Crippen molar-refractivity contribution in [2.75, 3.05) is 6.61 Å². The van der Waals surface area contributed by atoms with Crippen molar-refractivity contribution in [3.63, 3.8) is 0 Å². The van der Waals surface area contributed by atoms with Crippen LogP contribution in [0, 0.1) is 11.6 Å². The first kappa shape index (κ1) is 12.6. The van der Waals surface area contributed by atoms with Gasteiger partial charge in [-0.2, -0.15) is 0 Å². The third-order valence-electron chi connectivity index (χ3n) is 2.07. The van der Waals surface area contributed by atoms with Crippen LogP contribution in [0.2, 0.25) is 0 Å². The Hall–Kier alpha value is -1.45. The molecule has 1 aromatic rings. The summed E-state index contributed by atoms with van der Waals surface area (Å²) < 4.78 is 30.9. The molecule has 0 aliphatic heterocycles. The number of ketones is 1. The Morgan fingerprint density at radius 1 is 1.31 bits per heavy atom. The highest BCUT2D eigenvalue weighted by Crippen LogP contribution is 2.18. The summed E-state index contributed by atoms with van der Waals surface area (Å²) in [6.07, 6.45) is 1.84. The van der Waals surface area contributed by atoms with Crippen LogP contribution in [0.1, 0.15) is 26.2 Å². The minimum atomic E-state index is -0.576. The van der Waals surface area contributed by atoms with E-state index in [4.69, 9.17) is 4.74 Å². The molecular formula is C12H14F2O2. The van der Waals surface area contributed by atoms with Gasteiger partial charge < -0.3 is 9.53 Å². The van der Waals surface area contributed by atoms with Gasteiger partial charge in [0.1, 0.15) is 11.6 Å². The van der Waals surface area contributed by atoms with Gasteiger partial charge in [0.05, 0.1) is 6.61 Å². The molecule has 0 saturated carbocycles. The van der Waals surface area contributed by atoms with Crippen molar-refractivity contribution in [3.05, 3.63) is 29.8 Å². The summed E-state index contributed by atoms with van der Waals surface area (Å²) in [5.41, 5.74) is 0. The van der Waals surface area contributed by atoms with Crippen LogP contribution >= 0.6 is 0 Å². The van der Waals surface area contributed by atoms with Crippen molar-refractivity contribution < 1.29 is 18.3 Å². The van der Waals surface area contributed by atoms with E-state index in [1.807, 2.05) is 0 Å². The fraction of sp³-hybridized carbons (Fsp3) is 0.417. The van der Waals surface area contributed by atoms with E-state index in [0.717, 1.165) is 18.2 Å². The highest BCUT2D eigenvalue weighted by molar-refractivity contribution is 5.75. The normalized spacial score (nSPS) is 10.2. The molecule has 0 unspecified atom stereocenters. The largest absolute Gasteiger partial charge is 0.490 e. The molecule has 4 heteroatoms. The van der Waals surface area contributed by atoms with E-state index in [9.17, 15) is 13.6 Å². The van der Waals surface area contributed by atoms with E-state index in [1.165, 1.54) is 6.92 Å². The van der Waals surface area contributed by atoms with Gasteiger partial charge in [0.2, 0.25) is 0 Å². The number of rotatable bonds is 6. The second-order valence-corrected chi connectivity index (χ2v) is 3.58. The minimum absolute atomic E-state index is 0.0807. The van der Waals surface area contributed by atoms with E-state index in [0.29, 0.717) is 19.3 Å². The third-order valence-corrected chi connectivity index (χ3v) is 2.07. The molecule has 2 nitrogen and oxygen atoms in total. The van der Waals surface area contributed by atoms with Gasteiger partial charge in [-0.25, -0.2) is 8.78 Å². The first-order valence-corrected chi connectivity index (χ1v) is 5.17. The summed E-state index contributed by atoms with van der Waals surface area (Å²) in [5, 5.41) is 0. The standard InChI is InChI=1S/C12H14F2O2/c1-9(15)4-2-3-7-16-12-8-10(13)5-6-11(12)14/h5-6,8H,2-4,7H2,1H3. The lowest BCUT2D eigenvalue weighted by molar-refractivity contribution is -0.117. The van der Waals surface area contributed by atoms with Gasteiger partial charge >= 0.3 is 0 Å². The van der Waals surface area contributed by atoms with E-state index in [1.54, 1.807) is 0 Å². The zero-order valence-electron chi connectivity index (χ0n) is 9.13. The van der Waals surface area contributed by atoms with E-state index in [-0.39, 0.29) is 18.1 Å². The quantitative estimate of drug-likeness (QED) is 0.699. The van der Waals surface area contributed by atoms with Crippen molar-refractivity contribution in [2.24, 2.45) is 0 Å². The Morgan fingerprint density at radius 3 is 2.75 bits per heavy atom. The summed E-state index contributed by atoms with van der Waals surface area (Å²) in [6, 6.07) is 3.08. The lowest BCUT2D eigenvalue weighted by atomic mass is 10.2. The number of carbonyl (C=O) groups excluding carboxylic acids is 1. The number of carbonyl (C=O) groups is 1. The van der Waals surface area contributed by atoms with Gasteiger partial charge in [-0.1, -0.05) is 0 Å². The fourth-order valence-electron chi connectivity index (χ4n) is 1.25. The summed E-state index contributed by atoms with van der Waals surface area (Å²) in [6.45, 7) is 1.81. The summed E-state index contributed by atoms with van der Waals surface area (Å²) in [7, 11) is 0. The zero-order valence-corrected chi connectivity index (χ0v) is 9.13. The second kappa shape index (κ2) is 6.20. The topological polar surface area (TPSA) is 26.3 Å². The molecule has 88 valence electrons. The number of unbranched alkanes of at least 4 members (excludes halogenated alkanes) is 1. The number of halogens is 2. The van der Waals surface area contributed by atoms with E-state index < -0.39 is 11.6 Å². The van der Waals surface area contributed by atoms with Crippen LogP contribution in [-0.2, 0) is 4.79 Å². The molecule has 0 aromatic heterocycles. The number of benzene rings is 1. The second-order valence-electron chi connectivity index (χ2n) is 3.58. The average Bonchev–Trinajstić information content (AvgIpc) is 2.22. The summed E-state index contributed by atoms with van der Waals surface area (Å²) in [4.78, 5) is 10.6. The predicted molar refractivity (Wildman–Crippen MR) is 56.4 cm³/mol. The van der Waals surface area contributed by atoms with Gasteiger partial charge in [-0.15, -0.1) is 0 Å². The molecule has 0 bridgehead atoms. The smallest absolute Gasteiger partial charge is 0.165 e. The number of Topliss-reactive ketones (excluding diaryl/α,β-unsaturated/α-hetero) is 1. The van der Waals surface area contributed by atoms with E-state index >= 15 is 0 Å². The molecular weight excluding hydrogens is 214 g/mol. The van der Waals surface area contributed by atoms with Crippen LogP contribution in [0.3, 0.4) is 0 Å². The first-order chi connectivity index (χ1) is 7.59. The zero-order chi connectivity index (χ0) is 12.0. The summed E-state index contributed by atoms with van der Waals surface area (Å²) >= 11 is 0. The van der Waals surface area contributed by atoms with E-state index in [2.05, 4.69) is 0 Å². The van der Waals surface area contributed by atoms with Crippen molar-refractivity contribution >= 4 is 5.78 Å². The van der Waals surface area contributed by atoms with Gasteiger partial charge in [0.25, 0.3) is 0 Å². The number of ether oxygens (including phenoxy) is 1. The molecule has 0 aliphatic rings. The Kier molecular flexibility index (Phi) is 4.89. The Labute approximate surface area is 93.2 Å².